The number of hydrogen-bond donors (Lipinski definition) is 1. The van der Waals surface area contributed by atoms with Gasteiger partial charge in [-0.3, -0.25) is 4.99 Å². The molecule has 2 N–H and O–H groups in total. The Morgan fingerprint density at radius 3 is 2.82 bits per heavy atom. The molecule has 0 aromatic carbocycles. The normalized spacial score (nSPS) is 13.0. The molecule has 2 heteroatoms. The Bertz CT molecular complexity index is 188. The van der Waals surface area contributed by atoms with Crippen molar-refractivity contribution in [2.45, 2.75) is 13.3 Å². The van der Waals surface area contributed by atoms with Crippen LogP contribution in [0.5, 0.6) is 0 Å². The number of nitrogens with zero attached hydrogens (tertiary/aromatic N) is 1. The van der Waals surface area contributed by atoms with Gasteiger partial charge in [-0.15, -0.1) is 0 Å². The van der Waals surface area contributed by atoms with Crippen LogP contribution >= 0.6 is 0 Å². The summed E-state index contributed by atoms with van der Waals surface area (Å²) >= 11 is 0. The Labute approximate surface area is 67.8 Å². The summed E-state index contributed by atoms with van der Waals surface area (Å²) < 4.78 is 0. The lowest BCUT2D eigenvalue weighted by atomic mass is 10.3. The lowest BCUT2D eigenvalue weighted by Crippen LogP contribution is -1.76. The molecule has 0 heterocycles. The van der Waals surface area contributed by atoms with E-state index in [4.69, 9.17) is 5.73 Å². The first kappa shape index (κ1) is 9.69. The van der Waals surface area contributed by atoms with Gasteiger partial charge in [-0.2, -0.15) is 0 Å². The fourth-order valence-electron chi connectivity index (χ4n) is 0.591. The van der Waals surface area contributed by atoms with Crippen molar-refractivity contribution in [3.8, 4) is 0 Å². The van der Waals surface area contributed by atoms with Gasteiger partial charge in [0.1, 0.15) is 0 Å². The summed E-state index contributed by atoms with van der Waals surface area (Å²) in [5.41, 5.74) is 6.08. The maximum atomic E-state index is 5.15. The van der Waals surface area contributed by atoms with E-state index in [9.17, 15) is 0 Å². The maximum absolute atomic E-state index is 5.15. The minimum Gasteiger partial charge on any atom is -0.405 e. The number of aliphatic imine (C=N–C) groups is 1. The molecule has 0 aliphatic carbocycles. The first-order chi connectivity index (χ1) is 5.35. The van der Waals surface area contributed by atoms with Crippen LogP contribution in [0.1, 0.15) is 13.3 Å². The standard InChI is InChI=1S/C9H14N2/c1-3-4-6-9(11-2)7-5-8-10/h3-5,7-8H,2,6,10H2,1H3/b4-3-,8-5+,9-7+. The number of nitrogens with two attached hydrogens (primary N) is 1. The van der Waals surface area contributed by atoms with Crippen LogP contribution in [0.15, 0.2) is 41.2 Å². The molecule has 0 saturated carbocycles. The predicted octanol–water partition coefficient (Wildman–Crippen LogP) is 2.01. The molecule has 0 saturated heterocycles. The lowest BCUT2D eigenvalue weighted by molar-refractivity contribution is 1.17. The molecule has 0 amide bonds. The van der Waals surface area contributed by atoms with Crippen LogP contribution in [0, 0.1) is 0 Å². The average molecular weight is 150 g/mol. The van der Waals surface area contributed by atoms with Crippen molar-refractivity contribution in [3.63, 3.8) is 0 Å². The second-order valence-corrected chi connectivity index (χ2v) is 1.97. The largest absolute Gasteiger partial charge is 0.405 e. The predicted molar refractivity (Wildman–Crippen MR) is 50.4 cm³/mol. The first-order valence-electron chi connectivity index (χ1n) is 3.50. The number of rotatable bonds is 4. The van der Waals surface area contributed by atoms with Crippen LogP contribution in [-0.4, -0.2) is 6.72 Å². The van der Waals surface area contributed by atoms with E-state index in [0.717, 1.165) is 12.1 Å². The van der Waals surface area contributed by atoms with Crippen LogP contribution in [0.3, 0.4) is 0 Å². The molecule has 11 heavy (non-hydrogen) atoms. The fourth-order valence-corrected chi connectivity index (χ4v) is 0.591. The molecule has 0 aromatic rings. The molecule has 0 aliphatic heterocycles. The topological polar surface area (TPSA) is 38.4 Å². The van der Waals surface area contributed by atoms with Gasteiger partial charge in [0.05, 0.1) is 0 Å². The molecule has 0 spiro atoms. The zero-order chi connectivity index (χ0) is 8.53. The number of hydrogen-bond acceptors (Lipinski definition) is 2. The van der Waals surface area contributed by atoms with Crippen molar-refractivity contribution in [3.05, 3.63) is 36.2 Å². The van der Waals surface area contributed by atoms with Crippen LogP contribution in [0.4, 0.5) is 0 Å². The monoisotopic (exact) mass is 150 g/mol. The highest BCUT2D eigenvalue weighted by molar-refractivity contribution is 5.30. The Hall–Kier alpha value is -1.31. The summed E-state index contributed by atoms with van der Waals surface area (Å²) in [6.45, 7) is 5.41. The summed E-state index contributed by atoms with van der Waals surface area (Å²) in [5, 5.41) is 0. The number of allylic oxidation sites excluding steroid dienone is 4. The van der Waals surface area contributed by atoms with Gasteiger partial charge in [-0.1, -0.05) is 12.2 Å². The second-order valence-electron chi connectivity index (χ2n) is 1.97. The van der Waals surface area contributed by atoms with Gasteiger partial charge in [0.2, 0.25) is 0 Å². The third kappa shape index (κ3) is 5.15. The van der Waals surface area contributed by atoms with Gasteiger partial charge < -0.3 is 5.73 Å². The summed E-state index contributed by atoms with van der Waals surface area (Å²) in [7, 11) is 0. The smallest absolute Gasteiger partial charge is 0.0434 e. The molecule has 0 bridgehead atoms. The summed E-state index contributed by atoms with van der Waals surface area (Å²) in [5.74, 6) is 0. The second kappa shape index (κ2) is 6.81. The SMILES string of the molecule is C=N/C(=C/C=C/N)C/C=C\C. The molecule has 0 unspecified atom stereocenters. The van der Waals surface area contributed by atoms with Crippen LogP contribution in [0.2, 0.25) is 0 Å². The molecule has 0 fully saturated rings. The van der Waals surface area contributed by atoms with E-state index in [0.29, 0.717) is 0 Å². The van der Waals surface area contributed by atoms with Crippen molar-refractivity contribution < 1.29 is 0 Å². The molecule has 0 aliphatic rings. The van der Waals surface area contributed by atoms with E-state index in [2.05, 4.69) is 11.7 Å². The zero-order valence-electron chi connectivity index (χ0n) is 6.83. The minimum atomic E-state index is 0.810. The molecule has 60 valence electrons. The van der Waals surface area contributed by atoms with Crippen molar-refractivity contribution >= 4 is 6.72 Å². The molecule has 0 aromatic heterocycles. The Balaban J connectivity index is 4.04. The quantitative estimate of drug-likeness (QED) is 0.371. The van der Waals surface area contributed by atoms with Gasteiger partial charge >= 0.3 is 0 Å². The zero-order valence-corrected chi connectivity index (χ0v) is 6.83. The van der Waals surface area contributed by atoms with E-state index < -0.39 is 0 Å². The van der Waals surface area contributed by atoms with Gasteiger partial charge in [0, 0.05) is 12.1 Å². The Morgan fingerprint density at radius 2 is 2.36 bits per heavy atom. The molecule has 2 nitrogen and oxygen atoms in total. The van der Waals surface area contributed by atoms with Gasteiger partial charge in [0.15, 0.2) is 0 Å². The third-order valence-corrected chi connectivity index (χ3v) is 1.17. The van der Waals surface area contributed by atoms with Gasteiger partial charge in [-0.05, 0) is 32.0 Å². The highest BCUT2D eigenvalue weighted by Crippen LogP contribution is 2.02. The van der Waals surface area contributed by atoms with E-state index in [1.165, 1.54) is 6.20 Å². The van der Waals surface area contributed by atoms with Gasteiger partial charge in [0.25, 0.3) is 0 Å². The first-order valence-corrected chi connectivity index (χ1v) is 3.50. The molecule has 0 atom stereocenters. The molecular formula is C9H14N2. The molecule has 0 rings (SSSR count). The van der Waals surface area contributed by atoms with E-state index in [1.54, 1.807) is 6.08 Å². The fraction of sp³-hybridized carbons (Fsp3) is 0.222. The average Bonchev–Trinajstić information content (AvgIpc) is 2.05. The van der Waals surface area contributed by atoms with Crippen molar-refractivity contribution in [2.75, 3.05) is 0 Å². The third-order valence-electron chi connectivity index (χ3n) is 1.17. The van der Waals surface area contributed by atoms with Crippen LogP contribution < -0.4 is 5.73 Å². The Morgan fingerprint density at radius 1 is 1.64 bits per heavy atom. The van der Waals surface area contributed by atoms with E-state index in [-0.39, 0.29) is 0 Å². The highest BCUT2D eigenvalue weighted by atomic mass is 14.7. The minimum absolute atomic E-state index is 0.810. The highest BCUT2D eigenvalue weighted by Gasteiger charge is 1.84. The van der Waals surface area contributed by atoms with Crippen molar-refractivity contribution in [2.24, 2.45) is 10.7 Å². The van der Waals surface area contributed by atoms with Crippen molar-refractivity contribution in [1.29, 1.82) is 0 Å². The summed E-state index contributed by atoms with van der Waals surface area (Å²) in [4.78, 5) is 3.82. The lowest BCUT2D eigenvalue weighted by Gasteiger charge is -1.91. The summed E-state index contributed by atoms with van der Waals surface area (Å²) in [6.07, 6.45) is 9.86. The van der Waals surface area contributed by atoms with Crippen LogP contribution in [-0.2, 0) is 0 Å². The van der Waals surface area contributed by atoms with Crippen molar-refractivity contribution in [1.82, 2.24) is 0 Å². The summed E-state index contributed by atoms with van der Waals surface area (Å²) in [6, 6.07) is 0. The van der Waals surface area contributed by atoms with E-state index >= 15 is 0 Å². The Kier molecular flexibility index (Phi) is 5.99. The van der Waals surface area contributed by atoms with E-state index in [1.807, 2.05) is 25.2 Å². The maximum Gasteiger partial charge on any atom is 0.0434 e. The molecular weight excluding hydrogens is 136 g/mol. The molecule has 0 radical (unpaired) electrons. The van der Waals surface area contributed by atoms with Gasteiger partial charge in [-0.25, -0.2) is 0 Å². The van der Waals surface area contributed by atoms with Crippen LogP contribution in [0.25, 0.3) is 0 Å².